The first kappa shape index (κ1) is 18.0. The van der Waals surface area contributed by atoms with Gasteiger partial charge in [0.2, 0.25) is 0 Å². The maximum absolute atomic E-state index is 13.0. The highest BCUT2D eigenvalue weighted by molar-refractivity contribution is 7.18. The molecule has 4 rings (SSSR count). The zero-order chi connectivity index (χ0) is 18.8. The summed E-state index contributed by atoms with van der Waals surface area (Å²) < 4.78 is 13.6. The molecule has 1 aliphatic rings. The van der Waals surface area contributed by atoms with Crippen LogP contribution in [0, 0.1) is 6.92 Å². The second-order valence-corrected chi connectivity index (χ2v) is 7.51. The summed E-state index contributed by atoms with van der Waals surface area (Å²) in [6.45, 7) is 4.39. The number of aromatic nitrogens is 5. The molecular formula is C17H20N6O3S. The molecule has 27 heavy (non-hydrogen) atoms. The van der Waals surface area contributed by atoms with E-state index < -0.39 is 0 Å². The Morgan fingerprint density at radius 1 is 1.44 bits per heavy atom. The highest BCUT2D eigenvalue weighted by Gasteiger charge is 2.30. The third-order valence-corrected chi connectivity index (χ3v) is 5.38. The topological polar surface area (TPSA) is 95.3 Å². The normalized spacial score (nSPS) is 17.6. The van der Waals surface area contributed by atoms with Gasteiger partial charge in [-0.1, -0.05) is 0 Å². The van der Waals surface area contributed by atoms with Crippen LogP contribution in [-0.4, -0.2) is 69.4 Å². The molecule has 2 aromatic heterocycles. The van der Waals surface area contributed by atoms with Crippen molar-refractivity contribution >= 4 is 27.5 Å². The molecule has 142 valence electrons. The summed E-state index contributed by atoms with van der Waals surface area (Å²) in [5.74, 6) is 0.588. The number of carbonyl (C=O) groups is 1. The van der Waals surface area contributed by atoms with Gasteiger partial charge >= 0.3 is 0 Å². The molecule has 1 atom stereocenters. The Hall–Kier alpha value is -2.43. The molecule has 1 saturated heterocycles. The fourth-order valence-electron chi connectivity index (χ4n) is 3.12. The summed E-state index contributed by atoms with van der Waals surface area (Å²) in [6, 6.07) is 5.64. The number of rotatable bonds is 5. The Labute approximate surface area is 159 Å². The van der Waals surface area contributed by atoms with E-state index in [0.29, 0.717) is 44.2 Å². The summed E-state index contributed by atoms with van der Waals surface area (Å²) >= 11 is 1.59. The number of ether oxygens (including phenoxy) is 2. The van der Waals surface area contributed by atoms with E-state index in [1.807, 2.05) is 25.1 Å². The first-order chi connectivity index (χ1) is 13.2. The van der Waals surface area contributed by atoms with Crippen LogP contribution in [0.5, 0.6) is 0 Å². The SMILES string of the molecule is COCCn1nnnc1[C@H]1CN(C(=O)c2ccc3nc(C)sc3c2)CCO1. The first-order valence-corrected chi connectivity index (χ1v) is 9.50. The third-order valence-electron chi connectivity index (χ3n) is 4.45. The van der Waals surface area contributed by atoms with Gasteiger partial charge in [0, 0.05) is 19.2 Å². The van der Waals surface area contributed by atoms with Crippen LogP contribution in [0.1, 0.15) is 27.3 Å². The second kappa shape index (κ2) is 7.67. The van der Waals surface area contributed by atoms with Gasteiger partial charge < -0.3 is 14.4 Å². The minimum Gasteiger partial charge on any atom is -0.383 e. The van der Waals surface area contributed by atoms with E-state index in [-0.39, 0.29) is 12.0 Å². The van der Waals surface area contributed by atoms with Crippen LogP contribution in [0.15, 0.2) is 18.2 Å². The molecule has 0 spiro atoms. The van der Waals surface area contributed by atoms with Crippen molar-refractivity contribution in [1.82, 2.24) is 30.1 Å². The van der Waals surface area contributed by atoms with E-state index >= 15 is 0 Å². The molecule has 0 unspecified atom stereocenters. The number of hydrogen-bond acceptors (Lipinski definition) is 8. The number of aryl methyl sites for hydroxylation is 1. The second-order valence-electron chi connectivity index (χ2n) is 6.28. The molecular weight excluding hydrogens is 368 g/mol. The standard InChI is InChI=1S/C17H20N6O3S/c1-11-18-13-4-3-12(9-15(13)27-11)17(24)22-5-8-26-14(10-22)16-19-20-21-23(16)6-7-25-2/h3-4,9,14H,5-8,10H2,1-2H3/t14-/m1/s1. The molecule has 9 nitrogen and oxygen atoms in total. The molecule has 3 aromatic rings. The number of tetrazole rings is 1. The fourth-order valence-corrected chi connectivity index (χ4v) is 3.99. The smallest absolute Gasteiger partial charge is 0.254 e. The van der Waals surface area contributed by atoms with Crippen molar-refractivity contribution in [2.75, 3.05) is 33.4 Å². The van der Waals surface area contributed by atoms with Crippen molar-refractivity contribution < 1.29 is 14.3 Å². The number of nitrogens with zero attached hydrogens (tertiary/aromatic N) is 6. The van der Waals surface area contributed by atoms with Crippen LogP contribution in [0.3, 0.4) is 0 Å². The Balaban J connectivity index is 1.51. The van der Waals surface area contributed by atoms with Gasteiger partial charge in [-0.05, 0) is 35.5 Å². The number of amides is 1. The average Bonchev–Trinajstić information content (AvgIpc) is 3.30. The van der Waals surface area contributed by atoms with E-state index in [9.17, 15) is 4.79 Å². The summed E-state index contributed by atoms with van der Waals surface area (Å²) in [6.07, 6.45) is -0.357. The van der Waals surface area contributed by atoms with Gasteiger partial charge in [-0.2, -0.15) is 0 Å². The maximum Gasteiger partial charge on any atom is 0.254 e. The van der Waals surface area contributed by atoms with E-state index in [0.717, 1.165) is 15.2 Å². The lowest BCUT2D eigenvalue weighted by Crippen LogP contribution is -2.43. The zero-order valence-electron chi connectivity index (χ0n) is 15.2. The van der Waals surface area contributed by atoms with Crippen molar-refractivity contribution in [1.29, 1.82) is 0 Å². The number of morpholine rings is 1. The van der Waals surface area contributed by atoms with Gasteiger partial charge in [-0.15, -0.1) is 16.4 Å². The number of hydrogen-bond donors (Lipinski definition) is 0. The number of fused-ring (bicyclic) bond motifs is 1. The van der Waals surface area contributed by atoms with E-state index in [1.165, 1.54) is 0 Å². The molecule has 0 bridgehead atoms. The molecule has 10 heteroatoms. The first-order valence-electron chi connectivity index (χ1n) is 8.69. The number of benzene rings is 1. The van der Waals surface area contributed by atoms with Crippen molar-refractivity contribution in [3.63, 3.8) is 0 Å². The number of methoxy groups -OCH3 is 1. The Bertz CT molecular complexity index is 955. The molecule has 1 aromatic carbocycles. The lowest BCUT2D eigenvalue weighted by molar-refractivity contribution is -0.0292. The Kier molecular flexibility index (Phi) is 5.10. The van der Waals surface area contributed by atoms with Gasteiger partial charge in [-0.25, -0.2) is 9.67 Å². The molecule has 0 aliphatic carbocycles. The quantitative estimate of drug-likeness (QED) is 0.653. The van der Waals surface area contributed by atoms with Gasteiger partial charge in [0.25, 0.3) is 5.91 Å². The van der Waals surface area contributed by atoms with Crippen molar-refractivity contribution in [3.8, 4) is 0 Å². The highest BCUT2D eigenvalue weighted by Crippen LogP contribution is 2.25. The largest absolute Gasteiger partial charge is 0.383 e. The van der Waals surface area contributed by atoms with Crippen LogP contribution in [0.2, 0.25) is 0 Å². The van der Waals surface area contributed by atoms with E-state index in [4.69, 9.17) is 9.47 Å². The predicted octanol–water partition coefficient (Wildman–Crippen LogP) is 1.45. The molecule has 0 N–H and O–H groups in total. The minimum absolute atomic E-state index is 0.0211. The van der Waals surface area contributed by atoms with Gasteiger partial charge in [-0.3, -0.25) is 4.79 Å². The summed E-state index contributed by atoms with van der Waals surface area (Å²) in [5, 5.41) is 12.8. The number of carbonyl (C=O) groups excluding carboxylic acids is 1. The van der Waals surface area contributed by atoms with Gasteiger partial charge in [0.05, 0.1) is 41.5 Å². The zero-order valence-corrected chi connectivity index (χ0v) is 16.0. The third kappa shape index (κ3) is 3.68. The lowest BCUT2D eigenvalue weighted by atomic mass is 10.1. The van der Waals surface area contributed by atoms with Crippen LogP contribution in [0.4, 0.5) is 0 Å². The summed E-state index contributed by atoms with van der Waals surface area (Å²) in [5.41, 5.74) is 1.58. The highest BCUT2D eigenvalue weighted by atomic mass is 32.1. The Morgan fingerprint density at radius 3 is 3.19 bits per heavy atom. The van der Waals surface area contributed by atoms with Crippen LogP contribution >= 0.6 is 11.3 Å². The molecule has 1 amide bonds. The number of thiazole rings is 1. The molecule has 0 radical (unpaired) electrons. The van der Waals surface area contributed by atoms with Crippen LogP contribution < -0.4 is 0 Å². The van der Waals surface area contributed by atoms with Crippen LogP contribution in [0.25, 0.3) is 10.2 Å². The maximum atomic E-state index is 13.0. The average molecular weight is 388 g/mol. The fraction of sp³-hybridized carbons (Fsp3) is 0.471. The summed E-state index contributed by atoms with van der Waals surface area (Å²) in [7, 11) is 1.63. The van der Waals surface area contributed by atoms with Crippen molar-refractivity contribution in [3.05, 3.63) is 34.6 Å². The Morgan fingerprint density at radius 2 is 2.33 bits per heavy atom. The van der Waals surface area contributed by atoms with Crippen molar-refractivity contribution in [2.24, 2.45) is 0 Å². The predicted molar refractivity (Wildman–Crippen MR) is 98.6 cm³/mol. The van der Waals surface area contributed by atoms with Crippen molar-refractivity contribution in [2.45, 2.75) is 19.6 Å². The molecule has 3 heterocycles. The molecule has 1 fully saturated rings. The van der Waals surface area contributed by atoms with Crippen LogP contribution in [-0.2, 0) is 16.0 Å². The minimum atomic E-state index is -0.357. The monoisotopic (exact) mass is 388 g/mol. The van der Waals surface area contributed by atoms with E-state index in [2.05, 4.69) is 20.5 Å². The van der Waals surface area contributed by atoms with E-state index in [1.54, 1.807) is 28.0 Å². The molecule has 0 saturated carbocycles. The van der Waals surface area contributed by atoms with Gasteiger partial charge in [0.1, 0.15) is 6.10 Å². The summed E-state index contributed by atoms with van der Waals surface area (Å²) in [4.78, 5) is 19.2. The molecule has 1 aliphatic heterocycles. The van der Waals surface area contributed by atoms with Gasteiger partial charge in [0.15, 0.2) is 5.82 Å². The lowest BCUT2D eigenvalue weighted by Gasteiger charge is -2.32.